The summed E-state index contributed by atoms with van der Waals surface area (Å²) in [4.78, 5) is 0. The molecule has 0 saturated heterocycles. The van der Waals surface area contributed by atoms with Gasteiger partial charge in [-0.3, -0.25) is 0 Å². The zero-order chi connectivity index (χ0) is 12.6. The van der Waals surface area contributed by atoms with Crippen molar-refractivity contribution in [1.29, 1.82) is 0 Å². The van der Waals surface area contributed by atoms with Gasteiger partial charge in [0.25, 0.3) is 0 Å². The molecule has 16 heavy (non-hydrogen) atoms. The second kappa shape index (κ2) is 9.07. The SMILES string of the molecule is CCC(C)CC(C)CCCCC(C)C(C)C. The summed E-state index contributed by atoms with van der Waals surface area (Å²) in [6.45, 7) is 14.2. The summed E-state index contributed by atoms with van der Waals surface area (Å²) >= 11 is 0. The van der Waals surface area contributed by atoms with Crippen LogP contribution in [0.15, 0.2) is 0 Å². The van der Waals surface area contributed by atoms with Gasteiger partial charge in [-0.05, 0) is 30.1 Å². The molecule has 0 fully saturated rings. The second-order valence-corrected chi connectivity index (χ2v) is 6.36. The van der Waals surface area contributed by atoms with E-state index in [1.165, 1.54) is 38.5 Å². The Morgan fingerprint density at radius 2 is 1.31 bits per heavy atom. The Morgan fingerprint density at radius 1 is 0.750 bits per heavy atom. The molecule has 0 aliphatic rings. The van der Waals surface area contributed by atoms with Gasteiger partial charge in [-0.15, -0.1) is 0 Å². The first kappa shape index (κ1) is 16.0. The van der Waals surface area contributed by atoms with Crippen LogP contribution in [0.4, 0.5) is 0 Å². The first-order valence-corrected chi connectivity index (χ1v) is 7.47. The zero-order valence-corrected chi connectivity index (χ0v) is 12.6. The largest absolute Gasteiger partial charge is 0.0651 e. The average Bonchev–Trinajstić information content (AvgIpc) is 2.23. The summed E-state index contributed by atoms with van der Waals surface area (Å²) in [6, 6.07) is 0. The van der Waals surface area contributed by atoms with E-state index < -0.39 is 0 Å². The van der Waals surface area contributed by atoms with Crippen molar-refractivity contribution in [3.05, 3.63) is 0 Å². The summed E-state index contributed by atoms with van der Waals surface area (Å²) in [7, 11) is 0. The molecule has 0 heteroatoms. The molecule has 0 aromatic carbocycles. The Balaban J connectivity index is 3.44. The lowest BCUT2D eigenvalue weighted by atomic mass is 9.89. The van der Waals surface area contributed by atoms with Crippen LogP contribution >= 0.6 is 0 Å². The second-order valence-electron chi connectivity index (χ2n) is 6.36. The third kappa shape index (κ3) is 8.19. The zero-order valence-electron chi connectivity index (χ0n) is 12.6. The smallest absolute Gasteiger partial charge is 0.0420 e. The van der Waals surface area contributed by atoms with Crippen LogP contribution in [0.5, 0.6) is 0 Å². The van der Waals surface area contributed by atoms with Crippen molar-refractivity contribution in [2.45, 2.75) is 80.1 Å². The monoisotopic (exact) mass is 226 g/mol. The molecule has 0 N–H and O–H groups in total. The average molecular weight is 226 g/mol. The molecule has 0 spiro atoms. The molecule has 3 unspecified atom stereocenters. The predicted octanol–water partition coefficient (Wildman–Crippen LogP) is 5.91. The minimum atomic E-state index is 0.859. The molecule has 0 heterocycles. The van der Waals surface area contributed by atoms with Gasteiger partial charge in [0.05, 0.1) is 0 Å². The Hall–Kier alpha value is 0. The van der Waals surface area contributed by atoms with E-state index in [2.05, 4.69) is 41.5 Å². The van der Waals surface area contributed by atoms with Crippen LogP contribution in [0.2, 0.25) is 0 Å². The number of hydrogen-bond donors (Lipinski definition) is 0. The van der Waals surface area contributed by atoms with Gasteiger partial charge < -0.3 is 0 Å². The van der Waals surface area contributed by atoms with Crippen molar-refractivity contribution >= 4 is 0 Å². The molecule has 98 valence electrons. The third-order valence-electron chi connectivity index (χ3n) is 4.25. The Kier molecular flexibility index (Phi) is 9.07. The highest BCUT2D eigenvalue weighted by atomic mass is 14.1. The van der Waals surface area contributed by atoms with E-state index >= 15 is 0 Å². The van der Waals surface area contributed by atoms with Crippen LogP contribution in [0.1, 0.15) is 80.1 Å². The van der Waals surface area contributed by atoms with Crippen LogP contribution in [-0.2, 0) is 0 Å². The standard InChI is InChI=1S/C16H34/c1-7-14(4)12-15(5)10-8-9-11-16(6)13(2)3/h13-16H,7-12H2,1-6H3. The van der Waals surface area contributed by atoms with Crippen molar-refractivity contribution in [3.8, 4) is 0 Å². The summed E-state index contributed by atoms with van der Waals surface area (Å²) in [5, 5.41) is 0. The highest BCUT2D eigenvalue weighted by Gasteiger charge is 2.09. The highest BCUT2D eigenvalue weighted by molar-refractivity contribution is 4.61. The van der Waals surface area contributed by atoms with Crippen molar-refractivity contribution in [2.75, 3.05) is 0 Å². The van der Waals surface area contributed by atoms with E-state index in [-0.39, 0.29) is 0 Å². The molecule has 3 atom stereocenters. The Morgan fingerprint density at radius 3 is 1.81 bits per heavy atom. The summed E-state index contributed by atoms with van der Waals surface area (Å²) in [5.74, 6) is 3.62. The number of rotatable bonds is 9. The Bertz CT molecular complexity index is 148. The van der Waals surface area contributed by atoms with E-state index in [0.717, 1.165) is 23.7 Å². The summed E-state index contributed by atoms with van der Waals surface area (Å²) < 4.78 is 0. The maximum Gasteiger partial charge on any atom is -0.0420 e. The van der Waals surface area contributed by atoms with Crippen molar-refractivity contribution in [3.63, 3.8) is 0 Å². The van der Waals surface area contributed by atoms with Crippen molar-refractivity contribution in [1.82, 2.24) is 0 Å². The van der Waals surface area contributed by atoms with Gasteiger partial charge in [0, 0.05) is 0 Å². The molecule has 0 aliphatic heterocycles. The van der Waals surface area contributed by atoms with Gasteiger partial charge in [0.15, 0.2) is 0 Å². The molecule has 0 aromatic rings. The minimum absolute atomic E-state index is 0.859. The van der Waals surface area contributed by atoms with Crippen molar-refractivity contribution in [2.24, 2.45) is 23.7 Å². The molecule has 0 aromatic heterocycles. The molecule has 0 nitrogen and oxygen atoms in total. The molecule has 0 amide bonds. The van der Waals surface area contributed by atoms with Crippen LogP contribution < -0.4 is 0 Å². The molecule has 0 aliphatic carbocycles. The summed E-state index contributed by atoms with van der Waals surface area (Å²) in [5.41, 5.74) is 0. The van der Waals surface area contributed by atoms with Gasteiger partial charge in [-0.1, -0.05) is 73.6 Å². The van der Waals surface area contributed by atoms with E-state index in [1.807, 2.05) is 0 Å². The fourth-order valence-corrected chi connectivity index (χ4v) is 2.26. The van der Waals surface area contributed by atoms with Crippen LogP contribution in [-0.4, -0.2) is 0 Å². The van der Waals surface area contributed by atoms with Gasteiger partial charge in [0.2, 0.25) is 0 Å². The maximum atomic E-state index is 2.43. The lowest BCUT2D eigenvalue weighted by Gasteiger charge is -2.17. The van der Waals surface area contributed by atoms with Gasteiger partial charge in [0.1, 0.15) is 0 Å². The summed E-state index contributed by atoms with van der Waals surface area (Å²) in [6.07, 6.45) is 8.51. The molecule has 0 saturated carbocycles. The first-order valence-electron chi connectivity index (χ1n) is 7.47. The van der Waals surface area contributed by atoms with Gasteiger partial charge >= 0.3 is 0 Å². The lowest BCUT2D eigenvalue weighted by Crippen LogP contribution is -2.05. The van der Waals surface area contributed by atoms with E-state index in [4.69, 9.17) is 0 Å². The van der Waals surface area contributed by atoms with Crippen LogP contribution in [0.25, 0.3) is 0 Å². The lowest BCUT2D eigenvalue weighted by molar-refractivity contribution is 0.347. The molecular weight excluding hydrogens is 192 g/mol. The van der Waals surface area contributed by atoms with Gasteiger partial charge in [-0.25, -0.2) is 0 Å². The normalized spacial score (nSPS) is 17.4. The number of hydrogen-bond acceptors (Lipinski definition) is 0. The Labute approximate surface area is 104 Å². The maximum absolute atomic E-state index is 2.43. The molecule has 0 rings (SSSR count). The molecule has 0 radical (unpaired) electrons. The predicted molar refractivity (Wildman–Crippen MR) is 75.7 cm³/mol. The van der Waals surface area contributed by atoms with E-state index in [0.29, 0.717) is 0 Å². The van der Waals surface area contributed by atoms with E-state index in [9.17, 15) is 0 Å². The number of unbranched alkanes of at least 4 members (excludes halogenated alkanes) is 1. The van der Waals surface area contributed by atoms with Crippen LogP contribution in [0.3, 0.4) is 0 Å². The topological polar surface area (TPSA) is 0 Å². The molecule has 0 bridgehead atoms. The van der Waals surface area contributed by atoms with Crippen molar-refractivity contribution < 1.29 is 0 Å². The minimum Gasteiger partial charge on any atom is -0.0651 e. The first-order chi connectivity index (χ1) is 7.47. The molecular formula is C16H34. The van der Waals surface area contributed by atoms with Gasteiger partial charge in [-0.2, -0.15) is 0 Å². The third-order valence-corrected chi connectivity index (χ3v) is 4.25. The van der Waals surface area contributed by atoms with E-state index in [1.54, 1.807) is 0 Å². The fourth-order valence-electron chi connectivity index (χ4n) is 2.26. The van der Waals surface area contributed by atoms with Crippen LogP contribution in [0, 0.1) is 23.7 Å². The fraction of sp³-hybridized carbons (Fsp3) is 1.00. The highest BCUT2D eigenvalue weighted by Crippen LogP contribution is 2.22. The quantitative estimate of drug-likeness (QED) is 0.429.